The SMILES string of the molecule is CCOc1ccc(NC(=O)CSc2nccn2-c2ccccc2)cc1. The third-order valence-corrected chi connectivity index (χ3v) is 4.39. The van der Waals surface area contributed by atoms with Crippen molar-refractivity contribution in [1.82, 2.24) is 9.55 Å². The van der Waals surface area contributed by atoms with Crippen LogP contribution in [0.1, 0.15) is 6.92 Å². The van der Waals surface area contributed by atoms with Crippen LogP contribution in [0, 0.1) is 0 Å². The van der Waals surface area contributed by atoms with Gasteiger partial charge in [-0.25, -0.2) is 4.98 Å². The molecule has 0 unspecified atom stereocenters. The van der Waals surface area contributed by atoms with E-state index in [2.05, 4.69) is 10.3 Å². The van der Waals surface area contributed by atoms with Gasteiger partial charge in [0.15, 0.2) is 5.16 Å². The average Bonchev–Trinajstić information content (AvgIpc) is 3.11. The normalized spacial score (nSPS) is 10.4. The Morgan fingerprint density at radius 2 is 1.92 bits per heavy atom. The predicted molar refractivity (Wildman–Crippen MR) is 101 cm³/mol. The van der Waals surface area contributed by atoms with Crippen molar-refractivity contribution in [1.29, 1.82) is 0 Å². The number of para-hydroxylation sites is 1. The molecule has 0 bridgehead atoms. The summed E-state index contributed by atoms with van der Waals surface area (Å²) >= 11 is 1.40. The standard InChI is InChI=1S/C19H19N3O2S/c1-2-24-17-10-8-15(9-11-17)21-18(23)14-25-19-20-12-13-22(19)16-6-4-3-5-7-16/h3-13H,2,14H2,1H3,(H,21,23). The Balaban J connectivity index is 1.57. The number of nitrogens with zero attached hydrogens (tertiary/aromatic N) is 2. The smallest absolute Gasteiger partial charge is 0.234 e. The third-order valence-electron chi connectivity index (χ3n) is 3.42. The molecule has 128 valence electrons. The van der Waals surface area contributed by atoms with Crippen LogP contribution in [0.3, 0.4) is 0 Å². The first-order valence-corrected chi connectivity index (χ1v) is 8.99. The summed E-state index contributed by atoms with van der Waals surface area (Å²) in [5.41, 5.74) is 1.77. The molecule has 1 N–H and O–H groups in total. The van der Waals surface area contributed by atoms with E-state index in [0.717, 1.165) is 22.3 Å². The zero-order valence-corrected chi connectivity index (χ0v) is 14.7. The van der Waals surface area contributed by atoms with Gasteiger partial charge in [-0.1, -0.05) is 30.0 Å². The Kier molecular flexibility index (Phi) is 5.74. The average molecular weight is 353 g/mol. The molecule has 0 saturated heterocycles. The molecule has 6 heteroatoms. The quantitative estimate of drug-likeness (QED) is 0.652. The van der Waals surface area contributed by atoms with Crippen molar-refractivity contribution >= 4 is 23.4 Å². The highest BCUT2D eigenvalue weighted by atomic mass is 32.2. The van der Waals surface area contributed by atoms with Crippen LogP contribution < -0.4 is 10.1 Å². The molecule has 0 fully saturated rings. The van der Waals surface area contributed by atoms with Crippen molar-refractivity contribution in [2.24, 2.45) is 0 Å². The number of benzene rings is 2. The van der Waals surface area contributed by atoms with Gasteiger partial charge in [-0.3, -0.25) is 9.36 Å². The van der Waals surface area contributed by atoms with E-state index in [9.17, 15) is 4.79 Å². The largest absolute Gasteiger partial charge is 0.494 e. The molecule has 3 aromatic rings. The molecule has 0 radical (unpaired) electrons. The number of carbonyl (C=O) groups excluding carboxylic acids is 1. The maximum atomic E-state index is 12.2. The minimum atomic E-state index is -0.0724. The number of nitrogens with one attached hydrogen (secondary N) is 1. The molecule has 1 aromatic heterocycles. The molecule has 0 atom stereocenters. The van der Waals surface area contributed by atoms with Crippen molar-refractivity contribution in [3.8, 4) is 11.4 Å². The summed E-state index contributed by atoms with van der Waals surface area (Å²) in [6.45, 7) is 2.56. The van der Waals surface area contributed by atoms with Gasteiger partial charge < -0.3 is 10.1 Å². The van der Waals surface area contributed by atoms with Crippen LogP contribution in [-0.4, -0.2) is 27.8 Å². The number of imidazole rings is 1. The minimum absolute atomic E-state index is 0.0724. The Morgan fingerprint density at radius 3 is 2.64 bits per heavy atom. The fraction of sp³-hybridized carbons (Fsp3) is 0.158. The summed E-state index contributed by atoms with van der Waals surface area (Å²) in [6, 6.07) is 17.3. The van der Waals surface area contributed by atoms with E-state index in [1.807, 2.05) is 72.3 Å². The lowest BCUT2D eigenvalue weighted by Crippen LogP contribution is -2.14. The van der Waals surface area contributed by atoms with Crippen LogP contribution >= 0.6 is 11.8 Å². The van der Waals surface area contributed by atoms with Gasteiger partial charge in [0.1, 0.15) is 5.75 Å². The molecule has 0 saturated carbocycles. The monoisotopic (exact) mass is 353 g/mol. The van der Waals surface area contributed by atoms with Gasteiger partial charge in [-0.2, -0.15) is 0 Å². The molecule has 3 rings (SSSR count). The number of amides is 1. The van der Waals surface area contributed by atoms with Gasteiger partial charge in [0.05, 0.1) is 12.4 Å². The maximum absolute atomic E-state index is 12.2. The van der Waals surface area contributed by atoms with Crippen molar-refractivity contribution in [3.05, 3.63) is 67.0 Å². The van der Waals surface area contributed by atoms with Gasteiger partial charge in [0.2, 0.25) is 5.91 Å². The summed E-state index contributed by atoms with van der Waals surface area (Å²) < 4.78 is 7.36. The molecule has 0 aliphatic rings. The van der Waals surface area contributed by atoms with Crippen LogP contribution in [0.15, 0.2) is 72.1 Å². The van der Waals surface area contributed by atoms with E-state index in [-0.39, 0.29) is 11.7 Å². The Labute approximate surface area is 151 Å². The summed E-state index contributed by atoms with van der Waals surface area (Å²) in [6.07, 6.45) is 3.63. The fourth-order valence-electron chi connectivity index (χ4n) is 2.31. The van der Waals surface area contributed by atoms with E-state index < -0.39 is 0 Å². The summed E-state index contributed by atoms with van der Waals surface area (Å²) in [5.74, 6) is 1.01. The lowest BCUT2D eigenvalue weighted by atomic mass is 10.3. The topological polar surface area (TPSA) is 56.1 Å². The predicted octanol–water partition coefficient (Wildman–Crippen LogP) is 4.00. The highest BCUT2D eigenvalue weighted by Gasteiger charge is 2.09. The number of anilines is 1. The van der Waals surface area contributed by atoms with Crippen molar-refractivity contribution in [3.63, 3.8) is 0 Å². The van der Waals surface area contributed by atoms with Gasteiger partial charge in [0, 0.05) is 23.8 Å². The first-order chi connectivity index (χ1) is 12.3. The van der Waals surface area contributed by atoms with Gasteiger partial charge >= 0.3 is 0 Å². The molecule has 0 aliphatic heterocycles. The lowest BCUT2D eigenvalue weighted by molar-refractivity contribution is -0.113. The van der Waals surface area contributed by atoms with E-state index in [1.54, 1.807) is 6.20 Å². The summed E-state index contributed by atoms with van der Waals surface area (Å²) in [4.78, 5) is 16.5. The number of rotatable bonds is 7. The van der Waals surface area contributed by atoms with E-state index in [1.165, 1.54) is 11.8 Å². The molecule has 1 heterocycles. The van der Waals surface area contributed by atoms with Gasteiger partial charge in [-0.15, -0.1) is 0 Å². The van der Waals surface area contributed by atoms with Crippen molar-refractivity contribution in [2.75, 3.05) is 17.7 Å². The van der Waals surface area contributed by atoms with Gasteiger partial charge in [-0.05, 0) is 43.3 Å². The van der Waals surface area contributed by atoms with E-state index in [4.69, 9.17) is 4.74 Å². The molecule has 0 spiro atoms. The molecule has 5 nitrogen and oxygen atoms in total. The lowest BCUT2D eigenvalue weighted by Gasteiger charge is -2.08. The highest BCUT2D eigenvalue weighted by Crippen LogP contribution is 2.21. The van der Waals surface area contributed by atoms with Gasteiger partial charge in [0.25, 0.3) is 0 Å². The molecule has 25 heavy (non-hydrogen) atoms. The molecular formula is C19H19N3O2S. The second-order valence-corrected chi connectivity index (χ2v) is 6.15. The number of ether oxygens (including phenoxy) is 1. The maximum Gasteiger partial charge on any atom is 0.234 e. The number of aromatic nitrogens is 2. The molecule has 1 amide bonds. The van der Waals surface area contributed by atoms with Crippen LogP contribution in [0.2, 0.25) is 0 Å². The van der Waals surface area contributed by atoms with Crippen LogP contribution in [0.25, 0.3) is 5.69 Å². The Morgan fingerprint density at radius 1 is 1.16 bits per heavy atom. The number of carbonyl (C=O) groups is 1. The zero-order valence-electron chi connectivity index (χ0n) is 13.9. The number of hydrogen-bond donors (Lipinski definition) is 1. The first kappa shape index (κ1) is 17.1. The van der Waals surface area contributed by atoms with E-state index >= 15 is 0 Å². The fourth-order valence-corrected chi connectivity index (χ4v) is 3.08. The van der Waals surface area contributed by atoms with Crippen molar-refractivity contribution < 1.29 is 9.53 Å². The highest BCUT2D eigenvalue weighted by molar-refractivity contribution is 7.99. The Bertz CT molecular complexity index is 816. The minimum Gasteiger partial charge on any atom is -0.494 e. The summed E-state index contributed by atoms with van der Waals surface area (Å²) in [5, 5.41) is 3.67. The van der Waals surface area contributed by atoms with Crippen LogP contribution in [-0.2, 0) is 4.79 Å². The molecule has 2 aromatic carbocycles. The Hall–Kier alpha value is -2.73. The third kappa shape index (κ3) is 4.64. The second-order valence-electron chi connectivity index (χ2n) is 5.21. The van der Waals surface area contributed by atoms with Crippen molar-refractivity contribution in [2.45, 2.75) is 12.1 Å². The summed E-state index contributed by atoms with van der Waals surface area (Å²) in [7, 11) is 0. The number of thioether (sulfide) groups is 1. The van der Waals surface area contributed by atoms with E-state index in [0.29, 0.717) is 6.61 Å². The van der Waals surface area contributed by atoms with Crippen LogP contribution in [0.5, 0.6) is 5.75 Å². The van der Waals surface area contributed by atoms with Crippen LogP contribution in [0.4, 0.5) is 5.69 Å². The molecule has 0 aliphatic carbocycles. The molecular weight excluding hydrogens is 334 g/mol. The first-order valence-electron chi connectivity index (χ1n) is 8.00. The number of hydrogen-bond acceptors (Lipinski definition) is 4. The zero-order chi connectivity index (χ0) is 17.5. The second kappa shape index (κ2) is 8.39.